The molecule has 0 bridgehead atoms. The van der Waals surface area contributed by atoms with Crippen molar-refractivity contribution < 1.29 is 5.11 Å². The lowest BCUT2D eigenvalue weighted by Crippen LogP contribution is -2.41. The zero-order chi connectivity index (χ0) is 16.1. The first-order valence-corrected chi connectivity index (χ1v) is 8.56. The summed E-state index contributed by atoms with van der Waals surface area (Å²) >= 11 is 0. The highest BCUT2D eigenvalue weighted by molar-refractivity contribution is 5.35. The van der Waals surface area contributed by atoms with Crippen molar-refractivity contribution >= 4 is 0 Å². The van der Waals surface area contributed by atoms with Crippen LogP contribution in [0.5, 0.6) is 0 Å². The highest BCUT2D eigenvalue weighted by atomic mass is 16.3. The Kier molecular flexibility index (Phi) is 5.67. The fourth-order valence-corrected chi connectivity index (χ4v) is 3.49. The third-order valence-electron chi connectivity index (χ3n) is 5.24. The van der Waals surface area contributed by atoms with E-state index in [-0.39, 0.29) is 5.41 Å². The lowest BCUT2D eigenvalue weighted by Gasteiger charge is -2.39. The minimum absolute atomic E-state index is 0.148. The summed E-state index contributed by atoms with van der Waals surface area (Å²) in [6, 6.07) is 9.99. The number of aliphatic hydroxyl groups is 1. The molecule has 0 aromatic heterocycles. The van der Waals surface area contributed by atoms with Crippen molar-refractivity contribution in [3.8, 4) is 11.8 Å². The molecule has 1 saturated carbocycles. The molecule has 0 radical (unpaired) electrons. The number of rotatable bonds is 5. The van der Waals surface area contributed by atoms with E-state index in [2.05, 4.69) is 37.5 Å². The Bertz CT molecular complexity index is 518. The van der Waals surface area contributed by atoms with Gasteiger partial charge in [-0.2, -0.15) is 0 Å². The van der Waals surface area contributed by atoms with Crippen molar-refractivity contribution in [3.05, 3.63) is 35.9 Å². The fraction of sp³-hybridized carbons (Fsp3) is 0.600. The first kappa shape index (κ1) is 17.1. The van der Waals surface area contributed by atoms with E-state index in [1.807, 2.05) is 30.3 Å². The van der Waals surface area contributed by atoms with Gasteiger partial charge in [0.25, 0.3) is 0 Å². The van der Waals surface area contributed by atoms with E-state index in [1.165, 1.54) is 12.8 Å². The molecule has 0 heterocycles. The Hall–Kier alpha value is -1.30. The van der Waals surface area contributed by atoms with Gasteiger partial charge in [0.15, 0.2) is 5.60 Å². The molecule has 2 nitrogen and oxygen atoms in total. The van der Waals surface area contributed by atoms with Gasteiger partial charge in [0.2, 0.25) is 0 Å². The average molecular weight is 299 g/mol. The standard InChI is InChI=1S/C20H29NO/c1-4-21(5-2)17-11-16-20(22,18-12-7-6-8-13-18)19(3)14-9-10-15-19/h6-8,12-13,22H,4-5,9-10,14-15,17H2,1-3H3. The van der Waals surface area contributed by atoms with Crippen LogP contribution >= 0.6 is 0 Å². The van der Waals surface area contributed by atoms with E-state index < -0.39 is 5.60 Å². The normalized spacial score (nSPS) is 19.5. The second-order valence-electron chi connectivity index (χ2n) is 6.61. The smallest absolute Gasteiger partial charge is 0.156 e. The van der Waals surface area contributed by atoms with Crippen molar-refractivity contribution in [2.45, 2.75) is 52.1 Å². The fourth-order valence-electron chi connectivity index (χ4n) is 3.49. The summed E-state index contributed by atoms with van der Waals surface area (Å²) in [6.07, 6.45) is 4.45. The molecule has 120 valence electrons. The molecule has 1 aliphatic carbocycles. The second kappa shape index (κ2) is 7.31. The van der Waals surface area contributed by atoms with Crippen LogP contribution < -0.4 is 0 Å². The maximum atomic E-state index is 11.5. The molecule has 1 N–H and O–H groups in total. The number of nitrogens with zero attached hydrogens (tertiary/aromatic N) is 1. The van der Waals surface area contributed by atoms with Crippen LogP contribution in [0.2, 0.25) is 0 Å². The molecule has 1 aliphatic rings. The number of benzene rings is 1. The molecule has 1 unspecified atom stereocenters. The van der Waals surface area contributed by atoms with Crippen LogP contribution in [0.4, 0.5) is 0 Å². The third-order valence-corrected chi connectivity index (χ3v) is 5.24. The molecule has 1 aromatic rings. The van der Waals surface area contributed by atoms with Gasteiger partial charge in [-0.05, 0) is 31.5 Å². The zero-order valence-electron chi connectivity index (χ0n) is 14.2. The van der Waals surface area contributed by atoms with Gasteiger partial charge >= 0.3 is 0 Å². The van der Waals surface area contributed by atoms with Gasteiger partial charge in [-0.1, -0.05) is 75.8 Å². The van der Waals surface area contributed by atoms with Gasteiger partial charge < -0.3 is 5.11 Å². The van der Waals surface area contributed by atoms with E-state index in [0.29, 0.717) is 0 Å². The van der Waals surface area contributed by atoms with Crippen LogP contribution in [-0.2, 0) is 5.60 Å². The molecule has 0 amide bonds. The van der Waals surface area contributed by atoms with Crippen molar-refractivity contribution in [2.24, 2.45) is 5.41 Å². The van der Waals surface area contributed by atoms with E-state index in [1.54, 1.807) is 0 Å². The van der Waals surface area contributed by atoms with Crippen LogP contribution in [0.3, 0.4) is 0 Å². The van der Waals surface area contributed by atoms with Gasteiger partial charge in [-0.3, -0.25) is 4.90 Å². The highest BCUT2D eigenvalue weighted by Gasteiger charge is 2.48. The van der Waals surface area contributed by atoms with Crippen LogP contribution in [-0.4, -0.2) is 29.6 Å². The zero-order valence-corrected chi connectivity index (χ0v) is 14.2. The molecule has 1 atom stereocenters. The van der Waals surface area contributed by atoms with E-state index in [9.17, 15) is 5.11 Å². The van der Waals surface area contributed by atoms with Gasteiger partial charge in [-0.25, -0.2) is 0 Å². The molecule has 0 saturated heterocycles. The monoisotopic (exact) mass is 299 g/mol. The minimum atomic E-state index is -1.04. The maximum absolute atomic E-state index is 11.5. The van der Waals surface area contributed by atoms with Crippen molar-refractivity contribution in [1.82, 2.24) is 4.90 Å². The van der Waals surface area contributed by atoms with E-state index >= 15 is 0 Å². The molecule has 2 heteroatoms. The van der Waals surface area contributed by atoms with Crippen molar-refractivity contribution in [3.63, 3.8) is 0 Å². The Morgan fingerprint density at radius 3 is 2.27 bits per heavy atom. The molecular formula is C20H29NO. The maximum Gasteiger partial charge on any atom is 0.156 e. The molecule has 22 heavy (non-hydrogen) atoms. The summed E-state index contributed by atoms with van der Waals surface area (Å²) in [5.41, 5.74) is -0.255. The van der Waals surface area contributed by atoms with Crippen LogP contribution in [0.25, 0.3) is 0 Å². The summed E-state index contributed by atoms with van der Waals surface area (Å²) in [5, 5.41) is 11.5. The summed E-state index contributed by atoms with van der Waals surface area (Å²) in [6.45, 7) is 9.19. The summed E-state index contributed by atoms with van der Waals surface area (Å²) in [7, 11) is 0. The molecule has 0 aliphatic heterocycles. The highest BCUT2D eigenvalue weighted by Crippen LogP contribution is 2.50. The van der Waals surface area contributed by atoms with E-state index in [0.717, 1.165) is 38.0 Å². The van der Waals surface area contributed by atoms with Gasteiger partial charge in [0.05, 0.1) is 6.54 Å². The summed E-state index contributed by atoms with van der Waals surface area (Å²) < 4.78 is 0. The van der Waals surface area contributed by atoms with Crippen LogP contribution in [0, 0.1) is 17.3 Å². The first-order valence-electron chi connectivity index (χ1n) is 8.56. The summed E-state index contributed by atoms with van der Waals surface area (Å²) in [4.78, 5) is 2.27. The Balaban J connectivity index is 2.33. The largest absolute Gasteiger partial charge is 0.373 e. The van der Waals surface area contributed by atoms with Crippen LogP contribution in [0.1, 0.15) is 52.0 Å². The Morgan fingerprint density at radius 2 is 1.73 bits per heavy atom. The molecule has 0 spiro atoms. The second-order valence-corrected chi connectivity index (χ2v) is 6.61. The van der Waals surface area contributed by atoms with Crippen molar-refractivity contribution in [1.29, 1.82) is 0 Å². The Labute approximate surface area is 135 Å². The van der Waals surface area contributed by atoms with Gasteiger partial charge in [0, 0.05) is 5.41 Å². The predicted octanol–water partition coefficient (Wildman–Crippen LogP) is 3.80. The van der Waals surface area contributed by atoms with Gasteiger partial charge in [0.1, 0.15) is 0 Å². The summed E-state index contributed by atoms with van der Waals surface area (Å²) in [5.74, 6) is 6.51. The predicted molar refractivity (Wildman–Crippen MR) is 92.5 cm³/mol. The molecule has 1 fully saturated rings. The SMILES string of the molecule is CCN(CC)CC#CC(O)(c1ccccc1)C1(C)CCCC1. The van der Waals surface area contributed by atoms with Gasteiger partial charge in [-0.15, -0.1) is 0 Å². The lowest BCUT2D eigenvalue weighted by atomic mass is 9.68. The molecule has 2 rings (SSSR count). The topological polar surface area (TPSA) is 23.5 Å². The number of hydrogen-bond acceptors (Lipinski definition) is 2. The first-order chi connectivity index (χ1) is 10.6. The van der Waals surface area contributed by atoms with E-state index in [4.69, 9.17) is 0 Å². The quantitative estimate of drug-likeness (QED) is 0.836. The van der Waals surface area contributed by atoms with Crippen molar-refractivity contribution in [2.75, 3.05) is 19.6 Å². The minimum Gasteiger partial charge on any atom is -0.373 e. The Morgan fingerprint density at radius 1 is 1.14 bits per heavy atom. The molecular weight excluding hydrogens is 270 g/mol. The number of hydrogen-bond donors (Lipinski definition) is 1. The lowest BCUT2D eigenvalue weighted by molar-refractivity contribution is -0.0278. The average Bonchev–Trinajstić information content (AvgIpc) is 3.00. The van der Waals surface area contributed by atoms with Crippen LogP contribution in [0.15, 0.2) is 30.3 Å². The molecule has 1 aromatic carbocycles. The third kappa shape index (κ3) is 3.37.